The molecule has 10 heteroatoms. The molecule has 0 unspecified atom stereocenters. The van der Waals surface area contributed by atoms with Gasteiger partial charge in [0.1, 0.15) is 28.2 Å². The van der Waals surface area contributed by atoms with Gasteiger partial charge < -0.3 is 9.87 Å². The number of aromatic nitrogens is 1. The molecule has 0 radical (unpaired) electrons. The van der Waals surface area contributed by atoms with Gasteiger partial charge in [0.05, 0.1) is 4.88 Å². The van der Waals surface area contributed by atoms with Crippen molar-refractivity contribution in [3.63, 3.8) is 0 Å². The number of benzene rings is 2. The Hall–Kier alpha value is -2.63. The number of thiophene rings is 1. The molecular formula is C23H26FN3O3S3. The Labute approximate surface area is 202 Å². The number of thiazole rings is 1. The van der Waals surface area contributed by atoms with Crippen LogP contribution in [0.25, 0.3) is 9.88 Å². The Bertz CT molecular complexity index is 1260. The molecule has 2 heterocycles. The molecule has 4 aromatic rings. The molecule has 0 aliphatic rings. The maximum absolute atomic E-state index is 13.7. The van der Waals surface area contributed by atoms with E-state index < -0.39 is 10.3 Å². The van der Waals surface area contributed by atoms with Gasteiger partial charge in [-0.1, -0.05) is 39.1 Å². The van der Waals surface area contributed by atoms with Gasteiger partial charge in [0.15, 0.2) is 10.3 Å². The molecule has 176 valence electrons. The van der Waals surface area contributed by atoms with Crippen LogP contribution in [0.2, 0.25) is 0 Å². The molecule has 0 fully saturated rings. The predicted molar refractivity (Wildman–Crippen MR) is 133 cm³/mol. The third-order valence-corrected chi connectivity index (χ3v) is 6.91. The van der Waals surface area contributed by atoms with Gasteiger partial charge in [-0.25, -0.2) is 17.8 Å². The van der Waals surface area contributed by atoms with E-state index in [2.05, 4.69) is 0 Å². The zero-order valence-corrected chi connectivity index (χ0v) is 18.5. The van der Waals surface area contributed by atoms with Crippen LogP contribution >= 0.6 is 22.7 Å². The predicted octanol–water partition coefficient (Wildman–Crippen LogP) is 5.33. The lowest BCUT2D eigenvalue weighted by Crippen LogP contribution is -2.80. The van der Waals surface area contributed by atoms with Crippen LogP contribution in [-0.2, 0) is 16.7 Å². The SMILES string of the molecule is C.C.O=S(=O)([O-])Nc1ccc(C[C@H]([NH2+]c2cccc(F)c2)c2csc(-c3cccs3)n2)cc1. The Balaban J connectivity index is 0.00000193. The Morgan fingerprint density at radius 1 is 1.06 bits per heavy atom. The quantitative estimate of drug-likeness (QED) is 0.249. The van der Waals surface area contributed by atoms with Gasteiger partial charge in [-0.2, -0.15) is 0 Å². The number of rotatable bonds is 8. The van der Waals surface area contributed by atoms with E-state index in [1.54, 1.807) is 53.0 Å². The van der Waals surface area contributed by atoms with Gasteiger partial charge in [0.2, 0.25) is 0 Å². The fraction of sp³-hybridized carbons (Fsp3) is 0.174. The molecule has 4 rings (SSSR count). The number of quaternary nitrogens is 1. The fourth-order valence-electron chi connectivity index (χ4n) is 3.17. The first-order valence-electron chi connectivity index (χ1n) is 9.28. The molecule has 6 nitrogen and oxygen atoms in total. The second kappa shape index (κ2) is 11.5. The Morgan fingerprint density at radius 2 is 1.82 bits per heavy atom. The second-order valence-corrected chi connectivity index (χ2v) is 9.76. The number of anilines is 1. The number of nitrogens with one attached hydrogen (secondary N) is 1. The average molecular weight is 508 g/mol. The number of hydrogen-bond acceptors (Lipinski definition) is 6. The summed E-state index contributed by atoms with van der Waals surface area (Å²) in [7, 11) is -4.57. The van der Waals surface area contributed by atoms with Crippen molar-refractivity contribution in [1.29, 1.82) is 0 Å². The van der Waals surface area contributed by atoms with Crippen LogP contribution in [0.3, 0.4) is 0 Å². The molecular weight excluding hydrogens is 481 g/mol. The smallest absolute Gasteiger partial charge is 0.181 e. The largest absolute Gasteiger partial charge is 0.731 e. The molecule has 2 aromatic carbocycles. The highest BCUT2D eigenvalue weighted by Gasteiger charge is 2.21. The number of nitrogens with two attached hydrogens (primary N) is 1. The summed E-state index contributed by atoms with van der Waals surface area (Å²) < 4.78 is 48.2. The van der Waals surface area contributed by atoms with E-state index in [4.69, 9.17) is 4.98 Å². The van der Waals surface area contributed by atoms with Crippen LogP contribution < -0.4 is 10.0 Å². The molecule has 2 aromatic heterocycles. The zero-order chi connectivity index (χ0) is 21.8. The Kier molecular flexibility index (Phi) is 9.26. The van der Waals surface area contributed by atoms with E-state index >= 15 is 0 Å². The summed E-state index contributed by atoms with van der Waals surface area (Å²) in [5.74, 6) is -0.306. The highest BCUT2D eigenvalue weighted by molar-refractivity contribution is 7.87. The maximum atomic E-state index is 13.7. The van der Waals surface area contributed by atoms with Crippen LogP contribution in [0, 0.1) is 5.82 Å². The van der Waals surface area contributed by atoms with Crippen molar-refractivity contribution in [3.05, 3.63) is 88.5 Å². The Morgan fingerprint density at radius 3 is 2.45 bits per heavy atom. The highest BCUT2D eigenvalue weighted by atomic mass is 32.2. The standard InChI is InChI=1S/C21H18FN3O3S3.2CH4/c22-15-3-1-4-17(12-15)23-18(19-13-30-21(24-19)20-5-2-10-29-20)11-14-6-8-16(9-7-14)25-31(26,27)28;;/h1-10,12-13,18,23,25H,11H2,(H,26,27,28);2*1H4/t18-;;/m0../s1. The van der Waals surface area contributed by atoms with Crippen molar-refractivity contribution in [2.45, 2.75) is 27.3 Å². The molecule has 0 saturated heterocycles. The van der Waals surface area contributed by atoms with E-state index in [1.165, 1.54) is 12.1 Å². The van der Waals surface area contributed by atoms with Crippen molar-refractivity contribution in [3.8, 4) is 9.88 Å². The first-order chi connectivity index (χ1) is 14.9. The molecule has 1 atom stereocenters. The average Bonchev–Trinajstić information content (AvgIpc) is 3.40. The van der Waals surface area contributed by atoms with Gasteiger partial charge in [-0.3, -0.25) is 4.72 Å². The summed E-state index contributed by atoms with van der Waals surface area (Å²) in [4.78, 5) is 5.90. The lowest BCUT2D eigenvalue weighted by atomic mass is 10.0. The summed E-state index contributed by atoms with van der Waals surface area (Å²) in [6.45, 7) is 0. The van der Waals surface area contributed by atoms with Crippen molar-refractivity contribution >= 4 is 44.4 Å². The van der Waals surface area contributed by atoms with Crippen molar-refractivity contribution in [2.75, 3.05) is 4.72 Å². The lowest BCUT2D eigenvalue weighted by molar-refractivity contribution is -0.618. The van der Waals surface area contributed by atoms with Crippen molar-refractivity contribution < 1.29 is 22.7 Å². The number of halogens is 1. The minimum atomic E-state index is -4.57. The van der Waals surface area contributed by atoms with Crippen LogP contribution in [0.1, 0.15) is 32.2 Å². The maximum Gasteiger partial charge on any atom is 0.181 e. The lowest BCUT2D eigenvalue weighted by Gasteiger charge is -2.15. The van der Waals surface area contributed by atoms with E-state index in [1.807, 2.05) is 39.0 Å². The third-order valence-electron chi connectivity index (χ3n) is 4.53. The summed E-state index contributed by atoms with van der Waals surface area (Å²) in [6.07, 6.45) is 0.578. The number of nitrogens with zero attached hydrogens (tertiary/aromatic N) is 1. The molecule has 0 spiro atoms. The normalized spacial score (nSPS) is 11.8. The molecule has 0 aliphatic carbocycles. The van der Waals surface area contributed by atoms with Crippen LogP contribution in [0.15, 0.2) is 71.4 Å². The molecule has 0 amide bonds. The highest BCUT2D eigenvalue weighted by Crippen LogP contribution is 2.30. The minimum absolute atomic E-state index is 0. The molecule has 3 N–H and O–H groups in total. The second-order valence-electron chi connectivity index (χ2n) is 6.84. The van der Waals surface area contributed by atoms with Crippen LogP contribution in [0.4, 0.5) is 15.8 Å². The molecule has 0 bridgehead atoms. The minimum Gasteiger partial charge on any atom is -0.731 e. The molecule has 33 heavy (non-hydrogen) atoms. The molecule has 0 aliphatic heterocycles. The van der Waals surface area contributed by atoms with Gasteiger partial charge >= 0.3 is 0 Å². The van der Waals surface area contributed by atoms with Gasteiger partial charge in [0, 0.05) is 23.6 Å². The topological polar surface area (TPSA) is 98.7 Å². The van der Waals surface area contributed by atoms with Crippen molar-refractivity contribution in [1.82, 2.24) is 4.98 Å². The molecule has 0 saturated carbocycles. The van der Waals surface area contributed by atoms with Crippen molar-refractivity contribution in [2.24, 2.45) is 0 Å². The van der Waals surface area contributed by atoms with Gasteiger partial charge in [0.25, 0.3) is 0 Å². The van der Waals surface area contributed by atoms with Gasteiger partial charge in [-0.15, -0.1) is 22.7 Å². The summed E-state index contributed by atoms with van der Waals surface area (Å²) in [5, 5.41) is 6.92. The summed E-state index contributed by atoms with van der Waals surface area (Å²) in [6, 6.07) is 16.9. The van der Waals surface area contributed by atoms with E-state index in [9.17, 15) is 17.4 Å². The van der Waals surface area contributed by atoms with Crippen LogP contribution in [-0.4, -0.2) is 18.0 Å². The summed E-state index contributed by atoms with van der Waals surface area (Å²) >= 11 is 3.19. The van der Waals surface area contributed by atoms with E-state index in [-0.39, 0.29) is 32.4 Å². The zero-order valence-electron chi connectivity index (χ0n) is 16.1. The summed E-state index contributed by atoms with van der Waals surface area (Å²) in [5.41, 5.74) is 2.77. The monoisotopic (exact) mass is 507 g/mol. The number of hydrogen-bond donors (Lipinski definition) is 2. The fourth-order valence-corrected chi connectivity index (χ4v) is 5.29. The third kappa shape index (κ3) is 7.44. The van der Waals surface area contributed by atoms with Crippen LogP contribution in [0.5, 0.6) is 0 Å². The first-order valence-corrected chi connectivity index (χ1v) is 12.4. The van der Waals surface area contributed by atoms with E-state index in [0.717, 1.165) is 26.8 Å². The van der Waals surface area contributed by atoms with Gasteiger partial charge in [-0.05, 0) is 41.3 Å². The van der Waals surface area contributed by atoms with E-state index in [0.29, 0.717) is 6.42 Å². The first kappa shape index (κ1) is 26.6.